The Morgan fingerprint density at radius 3 is 3.00 bits per heavy atom. The molecule has 19 heavy (non-hydrogen) atoms. The number of likely N-dealkylation sites (tertiary alicyclic amines) is 1. The fourth-order valence-corrected chi connectivity index (χ4v) is 2.77. The van der Waals surface area contributed by atoms with Gasteiger partial charge in [0.05, 0.1) is 6.61 Å². The van der Waals surface area contributed by atoms with Gasteiger partial charge in [-0.05, 0) is 43.5 Å². The van der Waals surface area contributed by atoms with Crippen LogP contribution in [0, 0.1) is 5.82 Å². The van der Waals surface area contributed by atoms with E-state index >= 15 is 0 Å². The van der Waals surface area contributed by atoms with E-state index in [4.69, 9.17) is 5.73 Å². The highest BCUT2D eigenvalue weighted by atomic mass is 19.1. The normalized spacial score (nSPS) is 22.4. The zero-order valence-electron chi connectivity index (χ0n) is 11.3. The summed E-state index contributed by atoms with van der Waals surface area (Å²) in [6, 6.07) is 6.63. The van der Waals surface area contributed by atoms with Crippen LogP contribution >= 0.6 is 0 Å². The minimum Gasteiger partial charge on any atom is -0.395 e. The molecule has 1 heterocycles. The maximum Gasteiger partial charge on any atom is 0.123 e. The molecule has 2 atom stereocenters. The molecule has 0 aromatic heterocycles. The third-order valence-electron chi connectivity index (χ3n) is 3.96. The Hall–Kier alpha value is -0.970. The first-order valence-corrected chi connectivity index (χ1v) is 7.06. The summed E-state index contributed by atoms with van der Waals surface area (Å²) in [5.41, 5.74) is 6.96. The highest BCUT2D eigenvalue weighted by Gasteiger charge is 2.21. The highest BCUT2D eigenvalue weighted by Crippen LogP contribution is 2.20. The quantitative estimate of drug-likeness (QED) is 0.857. The SMILES string of the molecule is NC(CCN1CCCCC1CO)c1cccc(F)c1. The molecule has 2 unspecified atom stereocenters. The van der Waals surface area contributed by atoms with Gasteiger partial charge in [0.15, 0.2) is 0 Å². The fraction of sp³-hybridized carbons (Fsp3) is 0.600. The second-order valence-corrected chi connectivity index (χ2v) is 5.32. The van der Waals surface area contributed by atoms with Gasteiger partial charge in [0.25, 0.3) is 0 Å². The van der Waals surface area contributed by atoms with Crippen molar-refractivity contribution < 1.29 is 9.50 Å². The average Bonchev–Trinajstić information content (AvgIpc) is 2.45. The van der Waals surface area contributed by atoms with Crippen LogP contribution in [0.15, 0.2) is 24.3 Å². The first-order valence-electron chi connectivity index (χ1n) is 7.06. The number of aliphatic hydroxyl groups is 1. The standard InChI is InChI=1S/C15H23FN2O/c16-13-5-3-4-12(10-13)15(17)7-9-18-8-2-1-6-14(18)11-19/h3-5,10,14-15,19H,1-2,6-9,11,17H2. The van der Waals surface area contributed by atoms with Gasteiger partial charge in [-0.25, -0.2) is 4.39 Å². The van der Waals surface area contributed by atoms with E-state index in [0.29, 0.717) is 0 Å². The maximum absolute atomic E-state index is 13.1. The van der Waals surface area contributed by atoms with E-state index in [1.807, 2.05) is 6.07 Å². The first kappa shape index (κ1) is 14.4. The third-order valence-corrected chi connectivity index (χ3v) is 3.96. The number of benzene rings is 1. The van der Waals surface area contributed by atoms with E-state index in [2.05, 4.69) is 4.90 Å². The van der Waals surface area contributed by atoms with Crippen LogP contribution in [-0.2, 0) is 0 Å². The Morgan fingerprint density at radius 2 is 2.26 bits per heavy atom. The molecule has 0 saturated carbocycles. The summed E-state index contributed by atoms with van der Waals surface area (Å²) in [6.45, 7) is 2.11. The topological polar surface area (TPSA) is 49.5 Å². The lowest BCUT2D eigenvalue weighted by molar-refractivity contribution is 0.0875. The molecule has 0 bridgehead atoms. The van der Waals surface area contributed by atoms with Crippen molar-refractivity contribution >= 4 is 0 Å². The lowest BCUT2D eigenvalue weighted by Gasteiger charge is -2.35. The van der Waals surface area contributed by atoms with Crippen LogP contribution < -0.4 is 5.73 Å². The highest BCUT2D eigenvalue weighted by molar-refractivity contribution is 5.19. The number of hydrogen-bond acceptors (Lipinski definition) is 3. The molecule has 0 amide bonds. The molecule has 4 heteroatoms. The molecule has 0 radical (unpaired) electrons. The van der Waals surface area contributed by atoms with Crippen molar-refractivity contribution in [1.82, 2.24) is 4.90 Å². The molecule has 3 N–H and O–H groups in total. The molecular formula is C15H23FN2O. The van der Waals surface area contributed by atoms with Gasteiger partial charge in [0, 0.05) is 18.6 Å². The van der Waals surface area contributed by atoms with E-state index in [1.54, 1.807) is 6.07 Å². The van der Waals surface area contributed by atoms with Gasteiger partial charge in [0.2, 0.25) is 0 Å². The van der Waals surface area contributed by atoms with E-state index in [9.17, 15) is 9.50 Å². The van der Waals surface area contributed by atoms with Crippen molar-refractivity contribution in [2.75, 3.05) is 19.7 Å². The summed E-state index contributed by atoms with van der Waals surface area (Å²) in [6.07, 6.45) is 4.23. The van der Waals surface area contributed by atoms with Crippen LogP contribution in [0.25, 0.3) is 0 Å². The number of aliphatic hydroxyl groups excluding tert-OH is 1. The molecular weight excluding hydrogens is 243 g/mol. The molecule has 106 valence electrons. The van der Waals surface area contributed by atoms with Gasteiger partial charge in [0.1, 0.15) is 5.82 Å². The zero-order valence-corrected chi connectivity index (χ0v) is 11.3. The van der Waals surface area contributed by atoms with Crippen molar-refractivity contribution in [1.29, 1.82) is 0 Å². The third kappa shape index (κ3) is 4.00. The van der Waals surface area contributed by atoms with Crippen LogP contribution in [0.3, 0.4) is 0 Å². The summed E-state index contributed by atoms with van der Waals surface area (Å²) < 4.78 is 13.1. The van der Waals surface area contributed by atoms with Gasteiger partial charge in [-0.1, -0.05) is 18.6 Å². The molecule has 2 rings (SSSR count). The largest absolute Gasteiger partial charge is 0.395 e. The van der Waals surface area contributed by atoms with Gasteiger partial charge in [-0.15, -0.1) is 0 Å². The molecule has 1 saturated heterocycles. The lowest BCUT2D eigenvalue weighted by atomic mass is 10.00. The van der Waals surface area contributed by atoms with Crippen molar-refractivity contribution in [2.24, 2.45) is 5.73 Å². The van der Waals surface area contributed by atoms with E-state index in [-0.39, 0.29) is 24.5 Å². The number of rotatable bonds is 5. The Kier molecular flexibility index (Phi) is 5.31. The lowest BCUT2D eigenvalue weighted by Crippen LogP contribution is -2.42. The monoisotopic (exact) mass is 266 g/mol. The second-order valence-electron chi connectivity index (χ2n) is 5.32. The van der Waals surface area contributed by atoms with Crippen LogP contribution in [0.5, 0.6) is 0 Å². The maximum atomic E-state index is 13.1. The Labute approximate surface area is 114 Å². The summed E-state index contributed by atoms with van der Waals surface area (Å²) >= 11 is 0. The minimum absolute atomic E-state index is 0.142. The number of halogens is 1. The molecule has 1 aromatic carbocycles. The van der Waals surface area contributed by atoms with Crippen molar-refractivity contribution in [3.8, 4) is 0 Å². The Morgan fingerprint density at radius 1 is 1.42 bits per heavy atom. The number of nitrogens with two attached hydrogens (primary N) is 1. The van der Waals surface area contributed by atoms with Crippen molar-refractivity contribution in [3.63, 3.8) is 0 Å². The zero-order chi connectivity index (χ0) is 13.7. The number of hydrogen-bond donors (Lipinski definition) is 2. The summed E-state index contributed by atoms with van der Waals surface area (Å²) in [4.78, 5) is 2.31. The van der Waals surface area contributed by atoms with Crippen LogP contribution in [0.4, 0.5) is 4.39 Å². The van der Waals surface area contributed by atoms with Crippen LogP contribution in [-0.4, -0.2) is 35.7 Å². The second kappa shape index (κ2) is 6.98. The number of piperidine rings is 1. The Balaban J connectivity index is 1.87. The summed E-state index contributed by atoms with van der Waals surface area (Å²) in [5, 5.41) is 9.36. The fourth-order valence-electron chi connectivity index (χ4n) is 2.77. The molecule has 3 nitrogen and oxygen atoms in total. The summed E-state index contributed by atoms with van der Waals surface area (Å²) in [5.74, 6) is -0.237. The Bertz CT molecular complexity index is 399. The van der Waals surface area contributed by atoms with Gasteiger partial charge >= 0.3 is 0 Å². The predicted octanol–water partition coefficient (Wildman–Crippen LogP) is 2.06. The van der Waals surface area contributed by atoms with Gasteiger partial charge < -0.3 is 10.8 Å². The van der Waals surface area contributed by atoms with Gasteiger partial charge in [-0.2, -0.15) is 0 Å². The summed E-state index contributed by atoms with van der Waals surface area (Å²) in [7, 11) is 0. The minimum atomic E-state index is -0.237. The van der Waals surface area contributed by atoms with E-state index in [1.165, 1.54) is 25.0 Å². The van der Waals surface area contributed by atoms with Gasteiger partial charge in [-0.3, -0.25) is 4.90 Å². The smallest absolute Gasteiger partial charge is 0.123 e. The molecule has 1 aromatic rings. The molecule has 1 fully saturated rings. The van der Waals surface area contributed by atoms with Crippen LogP contribution in [0.2, 0.25) is 0 Å². The molecule has 0 spiro atoms. The predicted molar refractivity (Wildman–Crippen MR) is 74.2 cm³/mol. The molecule has 1 aliphatic heterocycles. The molecule has 1 aliphatic rings. The van der Waals surface area contributed by atoms with E-state index < -0.39 is 0 Å². The number of nitrogens with zero attached hydrogens (tertiary/aromatic N) is 1. The van der Waals surface area contributed by atoms with Crippen molar-refractivity contribution in [3.05, 3.63) is 35.6 Å². The van der Waals surface area contributed by atoms with Crippen LogP contribution in [0.1, 0.15) is 37.3 Å². The van der Waals surface area contributed by atoms with E-state index in [0.717, 1.165) is 31.5 Å². The first-order chi connectivity index (χ1) is 9.20. The van der Waals surface area contributed by atoms with Crippen molar-refractivity contribution in [2.45, 2.75) is 37.8 Å². The average molecular weight is 266 g/mol. The molecule has 0 aliphatic carbocycles.